The minimum absolute atomic E-state index is 0.0659. The first-order valence-corrected chi connectivity index (χ1v) is 9.65. The van der Waals surface area contributed by atoms with Gasteiger partial charge in [0.2, 0.25) is 0 Å². The van der Waals surface area contributed by atoms with E-state index in [1.807, 2.05) is 42.5 Å². The molecule has 4 rings (SSSR count). The van der Waals surface area contributed by atoms with Crippen LogP contribution in [0.5, 0.6) is 0 Å². The van der Waals surface area contributed by atoms with Gasteiger partial charge in [-0.2, -0.15) is 0 Å². The monoisotopic (exact) mass is 386 g/mol. The molecule has 2 N–H and O–H groups in total. The van der Waals surface area contributed by atoms with Crippen molar-refractivity contribution in [2.75, 3.05) is 6.54 Å². The zero-order chi connectivity index (χ0) is 18.1. The van der Waals surface area contributed by atoms with Crippen LogP contribution in [-0.4, -0.2) is 22.7 Å². The number of para-hydroxylation sites is 1. The number of aliphatic hydroxyl groups excluding tert-OH is 1. The maximum atomic E-state index is 11.1. The van der Waals surface area contributed by atoms with Gasteiger partial charge < -0.3 is 10.4 Å². The van der Waals surface area contributed by atoms with Crippen LogP contribution in [0.2, 0.25) is 10.0 Å². The van der Waals surface area contributed by atoms with E-state index >= 15 is 0 Å². The second kappa shape index (κ2) is 7.53. The maximum absolute atomic E-state index is 11.1. The van der Waals surface area contributed by atoms with Gasteiger partial charge in [-0.05, 0) is 49.2 Å². The molecule has 2 atom stereocenters. The lowest BCUT2D eigenvalue weighted by atomic mass is 9.92. The summed E-state index contributed by atoms with van der Waals surface area (Å²) in [5.74, 6) is 0. The van der Waals surface area contributed by atoms with Crippen LogP contribution in [0, 0.1) is 0 Å². The molecule has 0 radical (unpaired) electrons. The highest BCUT2D eigenvalue weighted by Gasteiger charge is 2.25. The van der Waals surface area contributed by atoms with Crippen LogP contribution in [0.15, 0.2) is 48.5 Å². The highest BCUT2D eigenvalue weighted by Crippen LogP contribution is 2.34. The van der Waals surface area contributed by atoms with Crippen LogP contribution >= 0.6 is 23.2 Å². The van der Waals surface area contributed by atoms with Crippen molar-refractivity contribution in [3.63, 3.8) is 0 Å². The van der Waals surface area contributed by atoms with Crippen LogP contribution in [0.4, 0.5) is 0 Å². The summed E-state index contributed by atoms with van der Waals surface area (Å²) >= 11 is 12.2. The minimum atomic E-state index is -0.579. The number of aromatic nitrogens is 1. The van der Waals surface area contributed by atoms with E-state index in [2.05, 4.69) is 5.32 Å². The number of hydrogen-bond acceptors (Lipinski definition) is 3. The fourth-order valence-corrected chi connectivity index (χ4v) is 3.91. The van der Waals surface area contributed by atoms with E-state index in [1.165, 1.54) is 0 Å². The van der Waals surface area contributed by atoms with Gasteiger partial charge in [-0.1, -0.05) is 53.9 Å². The zero-order valence-electron chi connectivity index (χ0n) is 14.3. The number of aliphatic hydroxyl groups is 1. The van der Waals surface area contributed by atoms with E-state index in [1.54, 1.807) is 6.07 Å². The first-order chi connectivity index (χ1) is 12.6. The van der Waals surface area contributed by atoms with Crippen molar-refractivity contribution in [3.8, 4) is 11.3 Å². The molecule has 134 valence electrons. The van der Waals surface area contributed by atoms with Gasteiger partial charge >= 0.3 is 0 Å². The average Bonchev–Trinajstić information content (AvgIpc) is 2.69. The van der Waals surface area contributed by atoms with Gasteiger partial charge in [-0.15, -0.1) is 0 Å². The van der Waals surface area contributed by atoms with E-state index in [9.17, 15) is 5.11 Å². The summed E-state index contributed by atoms with van der Waals surface area (Å²) in [6.45, 7) is 0.949. The number of piperidine rings is 1. The highest BCUT2D eigenvalue weighted by molar-refractivity contribution is 6.42. The van der Waals surface area contributed by atoms with Crippen LogP contribution in [0.1, 0.15) is 30.9 Å². The molecule has 0 aliphatic carbocycles. The molecular weight excluding hydrogens is 367 g/mol. The Bertz CT molecular complexity index is 938. The number of halogens is 2. The van der Waals surface area contributed by atoms with Crippen molar-refractivity contribution in [3.05, 3.63) is 64.1 Å². The quantitative estimate of drug-likeness (QED) is 0.634. The number of nitrogens with zero attached hydrogens (tertiary/aromatic N) is 1. The average molecular weight is 387 g/mol. The zero-order valence-corrected chi connectivity index (χ0v) is 15.8. The Hall–Kier alpha value is -1.65. The normalized spacial score (nSPS) is 18.8. The molecule has 1 saturated heterocycles. The Kier molecular flexibility index (Phi) is 5.14. The van der Waals surface area contributed by atoms with Crippen molar-refractivity contribution in [1.82, 2.24) is 10.3 Å². The Labute approximate surface area is 163 Å². The van der Waals surface area contributed by atoms with Crippen molar-refractivity contribution in [2.45, 2.75) is 31.4 Å². The molecule has 2 aromatic carbocycles. The lowest BCUT2D eigenvalue weighted by Gasteiger charge is -2.29. The summed E-state index contributed by atoms with van der Waals surface area (Å²) in [4.78, 5) is 4.77. The van der Waals surface area contributed by atoms with E-state index in [0.29, 0.717) is 10.0 Å². The van der Waals surface area contributed by atoms with Gasteiger partial charge in [0.05, 0.1) is 27.4 Å². The molecule has 0 saturated carbocycles. The first-order valence-electron chi connectivity index (χ1n) is 8.90. The summed E-state index contributed by atoms with van der Waals surface area (Å²) in [6.07, 6.45) is 2.69. The number of rotatable bonds is 3. The Morgan fingerprint density at radius 3 is 2.65 bits per heavy atom. The number of hydrogen-bond donors (Lipinski definition) is 2. The smallest absolute Gasteiger partial charge is 0.0950 e. The van der Waals surface area contributed by atoms with Gasteiger partial charge in [0.25, 0.3) is 0 Å². The van der Waals surface area contributed by atoms with Gasteiger partial charge in [-0.3, -0.25) is 0 Å². The number of fused-ring (bicyclic) bond motifs is 1. The molecule has 1 aliphatic heterocycles. The number of benzene rings is 2. The molecule has 0 spiro atoms. The van der Waals surface area contributed by atoms with E-state index in [-0.39, 0.29) is 6.04 Å². The van der Waals surface area contributed by atoms with Crippen molar-refractivity contribution in [2.24, 2.45) is 0 Å². The van der Waals surface area contributed by atoms with Crippen LogP contribution in [-0.2, 0) is 0 Å². The van der Waals surface area contributed by atoms with Crippen molar-refractivity contribution < 1.29 is 5.11 Å². The topological polar surface area (TPSA) is 45.2 Å². The number of nitrogens with one attached hydrogen (secondary N) is 1. The molecule has 2 heterocycles. The van der Waals surface area contributed by atoms with Crippen molar-refractivity contribution in [1.29, 1.82) is 0 Å². The molecule has 1 fully saturated rings. The van der Waals surface area contributed by atoms with E-state index in [4.69, 9.17) is 28.2 Å². The Balaban J connectivity index is 1.83. The molecule has 26 heavy (non-hydrogen) atoms. The fourth-order valence-electron chi connectivity index (χ4n) is 3.62. The van der Waals surface area contributed by atoms with E-state index < -0.39 is 6.10 Å². The minimum Gasteiger partial charge on any atom is -0.387 e. The summed E-state index contributed by atoms with van der Waals surface area (Å²) in [5.41, 5.74) is 3.43. The summed E-state index contributed by atoms with van der Waals surface area (Å²) in [7, 11) is 0. The van der Waals surface area contributed by atoms with Gasteiger partial charge in [0.15, 0.2) is 0 Å². The van der Waals surface area contributed by atoms with Gasteiger partial charge in [-0.25, -0.2) is 4.98 Å². The molecule has 0 bridgehead atoms. The Morgan fingerprint density at radius 2 is 1.88 bits per heavy atom. The standard InChI is InChI=1S/C21H20Cl2N2O/c22-16-9-8-13(11-17(16)23)20-12-15(14-5-1-2-6-18(14)25-20)21(26)19-7-3-4-10-24-19/h1-2,5-6,8-9,11-12,19,21,24,26H,3-4,7,10H2/t19-,21+/m0/s1. The second-order valence-electron chi connectivity index (χ2n) is 6.74. The Morgan fingerprint density at radius 1 is 1.04 bits per heavy atom. The predicted molar refractivity (Wildman–Crippen MR) is 108 cm³/mol. The highest BCUT2D eigenvalue weighted by atomic mass is 35.5. The predicted octanol–water partition coefficient (Wildman–Crippen LogP) is 5.38. The summed E-state index contributed by atoms with van der Waals surface area (Å²) in [5, 5.41) is 16.5. The lowest BCUT2D eigenvalue weighted by molar-refractivity contribution is 0.115. The second-order valence-corrected chi connectivity index (χ2v) is 7.56. The molecular formula is C21H20Cl2N2O. The van der Waals surface area contributed by atoms with Crippen LogP contribution < -0.4 is 5.32 Å². The molecule has 3 aromatic rings. The third-order valence-corrected chi connectivity index (χ3v) is 5.75. The number of pyridine rings is 1. The first kappa shape index (κ1) is 17.7. The largest absolute Gasteiger partial charge is 0.387 e. The molecule has 0 unspecified atom stereocenters. The summed E-state index contributed by atoms with van der Waals surface area (Å²) < 4.78 is 0. The van der Waals surface area contributed by atoms with Crippen molar-refractivity contribution >= 4 is 34.1 Å². The maximum Gasteiger partial charge on any atom is 0.0950 e. The van der Waals surface area contributed by atoms with Gasteiger partial charge in [0.1, 0.15) is 0 Å². The van der Waals surface area contributed by atoms with E-state index in [0.717, 1.165) is 53.5 Å². The van der Waals surface area contributed by atoms with Crippen LogP contribution in [0.25, 0.3) is 22.2 Å². The molecule has 1 aliphatic rings. The third-order valence-electron chi connectivity index (χ3n) is 5.01. The third kappa shape index (κ3) is 3.45. The van der Waals surface area contributed by atoms with Crippen LogP contribution in [0.3, 0.4) is 0 Å². The van der Waals surface area contributed by atoms with Gasteiger partial charge in [0, 0.05) is 17.0 Å². The SMILES string of the molecule is O[C@H](c1cc(-c2ccc(Cl)c(Cl)c2)nc2ccccc12)[C@@H]1CCCCN1. The molecule has 5 heteroatoms. The molecule has 0 amide bonds. The molecule has 3 nitrogen and oxygen atoms in total. The lowest BCUT2D eigenvalue weighted by Crippen LogP contribution is -2.38. The molecule has 1 aromatic heterocycles. The summed E-state index contributed by atoms with van der Waals surface area (Å²) in [6, 6.07) is 15.5. The fraction of sp³-hybridized carbons (Fsp3) is 0.286.